The number of hydrogen-bond acceptors (Lipinski definition) is 4. The molecule has 2 aliphatic heterocycles. The van der Waals surface area contributed by atoms with Gasteiger partial charge >= 0.3 is 0 Å². The fourth-order valence-electron chi connectivity index (χ4n) is 3.27. The Labute approximate surface area is 132 Å². The Bertz CT molecular complexity index is 466. The number of piperidine rings is 1. The maximum atomic E-state index is 12.4. The van der Waals surface area contributed by atoms with Crippen LogP contribution in [0.3, 0.4) is 0 Å². The Morgan fingerprint density at radius 2 is 1.95 bits per heavy atom. The molecule has 120 valence electrons. The molecule has 0 spiro atoms. The SMILES string of the molecule is O=C(c1ccccn1)N1CCC(CCN2CCOCC2)CC1. The van der Waals surface area contributed by atoms with Gasteiger partial charge in [-0.15, -0.1) is 0 Å². The van der Waals surface area contributed by atoms with Gasteiger partial charge in [0.2, 0.25) is 0 Å². The molecule has 0 N–H and O–H groups in total. The highest BCUT2D eigenvalue weighted by Gasteiger charge is 2.24. The second kappa shape index (κ2) is 7.70. The number of ether oxygens (including phenoxy) is 1. The van der Waals surface area contributed by atoms with Gasteiger partial charge in [0.1, 0.15) is 5.69 Å². The molecule has 5 nitrogen and oxygen atoms in total. The van der Waals surface area contributed by atoms with Crippen molar-refractivity contribution in [2.45, 2.75) is 19.3 Å². The number of pyridine rings is 1. The van der Waals surface area contributed by atoms with Crippen molar-refractivity contribution in [1.29, 1.82) is 0 Å². The number of likely N-dealkylation sites (tertiary alicyclic amines) is 1. The zero-order valence-electron chi connectivity index (χ0n) is 13.1. The van der Waals surface area contributed by atoms with Crippen molar-refractivity contribution < 1.29 is 9.53 Å². The minimum absolute atomic E-state index is 0.0761. The van der Waals surface area contributed by atoms with E-state index in [2.05, 4.69) is 9.88 Å². The van der Waals surface area contributed by atoms with E-state index >= 15 is 0 Å². The Hall–Kier alpha value is -1.46. The summed E-state index contributed by atoms with van der Waals surface area (Å²) in [6, 6.07) is 5.51. The fourth-order valence-corrected chi connectivity index (χ4v) is 3.27. The molecule has 0 radical (unpaired) electrons. The summed E-state index contributed by atoms with van der Waals surface area (Å²) in [5, 5.41) is 0. The van der Waals surface area contributed by atoms with Crippen molar-refractivity contribution in [2.24, 2.45) is 5.92 Å². The summed E-state index contributed by atoms with van der Waals surface area (Å²) < 4.78 is 5.38. The topological polar surface area (TPSA) is 45.7 Å². The van der Waals surface area contributed by atoms with E-state index in [4.69, 9.17) is 4.74 Å². The van der Waals surface area contributed by atoms with Gasteiger partial charge in [0.15, 0.2) is 0 Å². The monoisotopic (exact) mass is 303 g/mol. The van der Waals surface area contributed by atoms with E-state index in [1.165, 1.54) is 13.0 Å². The van der Waals surface area contributed by atoms with Crippen molar-refractivity contribution in [3.05, 3.63) is 30.1 Å². The van der Waals surface area contributed by atoms with Gasteiger partial charge < -0.3 is 9.64 Å². The number of rotatable bonds is 4. The van der Waals surface area contributed by atoms with Gasteiger partial charge in [-0.05, 0) is 43.9 Å². The summed E-state index contributed by atoms with van der Waals surface area (Å²) in [5.74, 6) is 0.822. The molecule has 1 aromatic heterocycles. The van der Waals surface area contributed by atoms with Crippen LogP contribution in [0.5, 0.6) is 0 Å². The molecule has 0 aliphatic carbocycles. The predicted molar refractivity (Wildman–Crippen MR) is 84.7 cm³/mol. The molecule has 0 bridgehead atoms. The van der Waals surface area contributed by atoms with E-state index in [9.17, 15) is 4.79 Å². The van der Waals surface area contributed by atoms with Crippen LogP contribution >= 0.6 is 0 Å². The summed E-state index contributed by atoms with van der Waals surface area (Å²) >= 11 is 0. The molecule has 2 saturated heterocycles. The minimum Gasteiger partial charge on any atom is -0.379 e. The van der Waals surface area contributed by atoms with Crippen LogP contribution in [0.2, 0.25) is 0 Å². The highest BCUT2D eigenvalue weighted by molar-refractivity contribution is 5.92. The summed E-state index contributed by atoms with van der Waals surface area (Å²) in [4.78, 5) is 21.0. The molecular weight excluding hydrogens is 278 g/mol. The largest absolute Gasteiger partial charge is 0.379 e. The first kappa shape index (κ1) is 15.4. The van der Waals surface area contributed by atoms with Crippen LogP contribution in [-0.2, 0) is 4.74 Å². The molecular formula is C17H25N3O2. The maximum Gasteiger partial charge on any atom is 0.272 e. The van der Waals surface area contributed by atoms with Crippen LogP contribution < -0.4 is 0 Å². The van der Waals surface area contributed by atoms with E-state index in [0.29, 0.717) is 5.69 Å². The van der Waals surface area contributed by atoms with Crippen molar-refractivity contribution in [3.63, 3.8) is 0 Å². The Morgan fingerprint density at radius 1 is 1.18 bits per heavy atom. The van der Waals surface area contributed by atoms with Crippen molar-refractivity contribution in [3.8, 4) is 0 Å². The molecule has 22 heavy (non-hydrogen) atoms. The summed E-state index contributed by atoms with van der Waals surface area (Å²) in [6.45, 7) is 6.77. The average molecular weight is 303 g/mol. The van der Waals surface area contributed by atoms with E-state index in [1.54, 1.807) is 12.3 Å². The van der Waals surface area contributed by atoms with E-state index in [1.807, 2.05) is 17.0 Å². The highest BCUT2D eigenvalue weighted by Crippen LogP contribution is 2.22. The Balaban J connectivity index is 1.41. The number of morpholine rings is 1. The van der Waals surface area contributed by atoms with E-state index in [-0.39, 0.29) is 5.91 Å². The second-order valence-corrected chi connectivity index (χ2v) is 6.19. The van der Waals surface area contributed by atoms with Crippen molar-refractivity contribution >= 4 is 5.91 Å². The average Bonchev–Trinajstić information content (AvgIpc) is 2.61. The lowest BCUT2D eigenvalue weighted by molar-refractivity contribution is 0.0332. The zero-order chi connectivity index (χ0) is 15.2. The third-order valence-electron chi connectivity index (χ3n) is 4.74. The Kier molecular flexibility index (Phi) is 5.40. The first-order valence-electron chi connectivity index (χ1n) is 8.33. The standard InChI is InChI=1S/C17H25N3O2/c21-17(16-3-1-2-7-18-16)20-9-5-15(6-10-20)4-8-19-11-13-22-14-12-19/h1-3,7,15H,4-6,8-14H2. The van der Waals surface area contributed by atoms with Gasteiger partial charge in [0, 0.05) is 32.4 Å². The summed E-state index contributed by atoms with van der Waals surface area (Å²) in [7, 11) is 0. The quantitative estimate of drug-likeness (QED) is 0.848. The first-order chi connectivity index (χ1) is 10.8. The maximum absolute atomic E-state index is 12.4. The van der Waals surface area contributed by atoms with Gasteiger partial charge in [0.05, 0.1) is 13.2 Å². The molecule has 0 unspecified atom stereocenters. The van der Waals surface area contributed by atoms with Gasteiger partial charge in [0.25, 0.3) is 5.91 Å². The lowest BCUT2D eigenvalue weighted by atomic mass is 9.93. The van der Waals surface area contributed by atoms with Crippen LogP contribution in [0.15, 0.2) is 24.4 Å². The molecule has 0 atom stereocenters. The first-order valence-corrected chi connectivity index (χ1v) is 8.33. The lowest BCUT2D eigenvalue weighted by Crippen LogP contribution is -2.41. The molecule has 2 fully saturated rings. The van der Waals surface area contributed by atoms with Gasteiger partial charge in [-0.3, -0.25) is 14.7 Å². The Morgan fingerprint density at radius 3 is 2.64 bits per heavy atom. The number of amides is 1. The molecule has 5 heteroatoms. The number of nitrogens with zero attached hydrogens (tertiary/aromatic N) is 3. The van der Waals surface area contributed by atoms with Crippen LogP contribution in [-0.4, -0.2) is 66.6 Å². The van der Waals surface area contributed by atoms with E-state index < -0.39 is 0 Å². The lowest BCUT2D eigenvalue weighted by Gasteiger charge is -2.33. The van der Waals surface area contributed by atoms with Gasteiger partial charge in [-0.1, -0.05) is 6.07 Å². The molecule has 3 rings (SSSR count). The highest BCUT2D eigenvalue weighted by atomic mass is 16.5. The van der Waals surface area contributed by atoms with Gasteiger partial charge in [-0.25, -0.2) is 0 Å². The predicted octanol–water partition coefficient (Wildman–Crippen LogP) is 1.66. The molecule has 3 heterocycles. The second-order valence-electron chi connectivity index (χ2n) is 6.19. The smallest absolute Gasteiger partial charge is 0.272 e. The normalized spacial score (nSPS) is 21.0. The minimum atomic E-state index is 0.0761. The van der Waals surface area contributed by atoms with Crippen molar-refractivity contribution in [2.75, 3.05) is 45.9 Å². The van der Waals surface area contributed by atoms with Gasteiger partial charge in [-0.2, -0.15) is 0 Å². The zero-order valence-corrected chi connectivity index (χ0v) is 13.1. The fraction of sp³-hybridized carbons (Fsp3) is 0.647. The summed E-state index contributed by atoms with van der Waals surface area (Å²) in [6.07, 6.45) is 5.15. The third kappa shape index (κ3) is 4.05. The van der Waals surface area contributed by atoms with E-state index in [0.717, 1.165) is 58.2 Å². The van der Waals surface area contributed by atoms with Crippen LogP contribution in [0.25, 0.3) is 0 Å². The number of carbonyl (C=O) groups excluding carboxylic acids is 1. The summed E-state index contributed by atoms with van der Waals surface area (Å²) in [5.41, 5.74) is 0.564. The molecule has 0 aromatic carbocycles. The molecule has 0 saturated carbocycles. The number of carbonyl (C=O) groups is 1. The number of hydrogen-bond donors (Lipinski definition) is 0. The third-order valence-corrected chi connectivity index (χ3v) is 4.74. The molecule has 2 aliphatic rings. The molecule has 1 aromatic rings. The molecule has 1 amide bonds. The van der Waals surface area contributed by atoms with Crippen LogP contribution in [0.1, 0.15) is 29.8 Å². The van der Waals surface area contributed by atoms with Crippen LogP contribution in [0.4, 0.5) is 0 Å². The van der Waals surface area contributed by atoms with Crippen LogP contribution in [0, 0.1) is 5.92 Å². The number of aromatic nitrogens is 1. The van der Waals surface area contributed by atoms with Crippen molar-refractivity contribution in [1.82, 2.24) is 14.8 Å².